The van der Waals surface area contributed by atoms with Crippen LogP contribution in [0.15, 0.2) is 48.7 Å². The molecule has 0 aliphatic carbocycles. The Morgan fingerprint density at radius 2 is 1.85 bits per heavy atom. The third-order valence-corrected chi connectivity index (χ3v) is 3.42. The van der Waals surface area contributed by atoms with Gasteiger partial charge in [0.05, 0.1) is 5.60 Å². The number of hydrogen-bond donors (Lipinski definition) is 2. The van der Waals surface area contributed by atoms with Crippen LogP contribution >= 0.6 is 0 Å². The highest BCUT2D eigenvalue weighted by molar-refractivity contribution is 5.75. The maximum Gasteiger partial charge on any atom is 0.139 e. The van der Waals surface area contributed by atoms with Crippen molar-refractivity contribution in [3.05, 3.63) is 54.2 Å². The number of imidazole rings is 1. The SMILES string of the molecule is CC(C)(O)c1ccn2c(N)c(-c3ccccc3)nc2c1. The van der Waals surface area contributed by atoms with Crippen molar-refractivity contribution in [1.29, 1.82) is 0 Å². The Kier molecular flexibility index (Phi) is 2.76. The van der Waals surface area contributed by atoms with Crippen molar-refractivity contribution in [3.8, 4) is 11.3 Å². The van der Waals surface area contributed by atoms with E-state index < -0.39 is 5.60 Å². The molecule has 1 aromatic carbocycles. The third-order valence-electron chi connectivity index (χ3n) is 3.42. The highest BCUT2D eigenvalue weighted by atomic mass is 16.3. The molecule has 4 heteroatoms. The van der Waals surface area contributed by atoms with E-state index in [1.54, 1.807) is 13.8 Å². The summed E-state index contributed by atoms with van der Waals surface area (Å²) >= 11 is 0. The largest absolute Gasteiger partial charge is 0.386 e. The lowest BCUT2D eigenvalue weighted by atomic mass is 10.00. The van der Waals surface area contributed by atoms with Crippen molar-refractivity contribution in [2.24, 2.45) is 0 Å². The van der Waals surface area contributed by atoms with Crippen LogP contribution in [0.5, 0.6) is 0 Å². The zero-order valence-electron chi connectivity index (χ0n) is 11.5. The molecule has 0 spiro atoms. The molecule has 0 aliphatic rings. The first-order chi connectivity index (χ1) is 9.47. The van der Waals surface area contributed by atoms with E-state index in [0.717, 1.165) is 22.5 Å². The highest BCUT2D eigenvalue weighted by Gasteiger charge is 2.18. The van der Waals surface area contributed by atoms with Crippen LogP contribution in [0.1, 0.15) is 19.4 Å². The average Bonchev–Trinajstić information content (AvgIpc) is 2.76. The van der Waals surface area contributed by atoms with Gasteiger partial charge in [-0.25, -0.2) is 4.98 Å². The zero-order chi connectivity index (χ0) is 14.3. The van der Waals surface area contributed by atoms with Gasteiger partial charge in [-0.15, -0.1) is 0 Å². The fourth-order valence-electron chi connectivity index (χ4n) is 2.25. The van der Waals surface area contributed by atoms with Crippen LogP contribution in [0.3, 0.4) is 0 Å². The summed E-state index contributed by atoms with van der Waals surface area (Å²) in [6.45, 7) is 3.51. The van der Waals surface area contributed by atoms with Gasteiger partial charge in [-0.3, -0.25) is 4.40 Å². The molecule has 3 rings (SSSR count). The van der Waals surface area contributed by atoms with Crippen molar-refractivity contribution in [1.82, 2.24) is 9.38 Å². The van der Waals surface area contributed by atoms with Gasteiger partial charge in [0, 0.05) is 11.8 Å². The Morgan fingerprint density at radius 1 is 1.15 bits per heavy atom. The lowest BCUT2D eigenvalue weighted by Gasteiger charge is -2.17. The molecule has 3 N–H and O–H groups in total. The molecule has 2 heterocycles. The van der Waals surface area contributed by atoms with Crippen LogP contribution in [-0.4, -0.2) is 14.5 Å². The summed E-state index contributed by atoms with van der Waals surface area (Å²) in [7, 11) is 0. The molecule has 102 valence electrons. The summed E-state index contributed by atoms with van der Waals surface area (Å²) in [5.74, 6) is 0.605. The molecule has 0 radical (unpaired) electrons. The predicted molar refractivity (Wildman–Crippen MR) is 80.3 cm³/mol. The minimum atomic E-state index is -0.893. The Hall–Kier alpha value is -2.33. The number of aromatic nitrogens is 2. The minimum absolute atomic E-state index is 0.605. The molecule has 0 bridgehead atoms. The number of rotatable bonds is 2. The summed E-state index contributed by atoms with van der Waals surface area (Å²) in [5.41, 5.74) is 8.57. The van der Waals surface area contributed by atoms with Crippen molar-refractivity contribution >= 4 is 11.5 Å². The van der Waals surface area contributed by atoms with Crippen molar-refractivity contribution < 1.29 is 5.11 Å². The van der Waals surface area contributed by atoms with Crippen LogP contribution in [-0.2, 0) is 5.60 Å². The zero-order valence-corrected chi connectivity index (χ0v) is 11.5. The lowest BCUT2D eigenvalue weighted by Crippen LogP contribution is -2.15. The molecule has 0 saturated carbocycles. The molecule has 0 unspecified atom stereocenters. The van der Waals surface area contributed by atoms with Gasteiger partial charge >= 0.3 is 0 Å². The monoisotopic (exact) mass is 267 g/mol. The van der Waals surface area contributed by atoms with Gasteiger partial charge in [0.25, 0.3) is 0 Å². The minimum Gasteiger partial charge on any atom is -0.386 e. The van der Waals surface area contributed by atoms with Gasteiger partial charge in [-0.05, 0) is 31.5 Å². The van der Waals surface area contributed by atoms with E-state index >= 15 is 0 Å². The molecular formula is C16H17N3O. The van der Waals surface area contributed by atoms with Crippen LogP contribution in [0.2, 0.25) is 0 Å². The predicted octanol–water partition coefficient (Wildman–Crippen LogP) is 2.81. The third kappa shape index (κ3) is 2.04. The van der Waals surface area contributed by atoms with Gasteiger partial charge in [-0.2, -0.15) is 0 Å². The van der Waals surface area contributed by atoms with Crippen LogP contribution < -0.4 is 5.73 Å². The number of fused-ring (bicyclic) bond motifs is 1. The van der Waals surface area contributed by atoms with Gasteiger partial charge in [0.1, 0.15) is 17.2 Å². The summed E-state index contributed by atoms with van der Waals surface area (Å²) in [5, 5.41) is 10.1. The first kappa shape index (κ1) is 12.7. The topological polar surface area (TPSA) is 63.5 Å². The maximum atomic E-state index is 10.1. The van der Waals surface area contributed by atoms with Crippen molar-refractivity contribution in [3.63, 3.8) is 0 Å². The molecule has 4 nitrogen and oxygen atoms in total. The number of nitrogens with zero attached hydrogens (tertiary/aromatic N) is 2. The number of aliphatic hydroxyl groups is 1. The molecule has 3 aromatic rings. The molecule has 0 saturated heterocycles. The number of benzene rings is 1. The lowest BCUT2D eigenvalue weighted by molar-refractivity contribution is 0.0786. The molecule has 0 aliphatic heterocycles. The smallest absolute Gasteiger partial charge is 0.139 e. The summed E-state index contributed by atoms with van der Waals surface area (Å²) in [6.07, 6.45) is 1.84. The van der Waals surface area contributed by atoms with Gasteiger partial charge < -0.3 is 10.8 Å². The first-order valence-corrected chi connectivity index (χ1v) is 6.52. The van der Waals surface area contributed by atoms with Gasteiger partial charge in [0.15, 0.2) is 0 Å². The summed E-state index contributed by atoms with van der Waals surface area (Å²) in [4.78, 5) is 4.58. The molecule has 0 atom stereocenters. The van der Waals surface area contributed by atoms with Crippen LogP contribution in [0.4, 0.5) is 5.82 Å². The molecule has 20 heavy (non-hydrogen) atoms. The number of pyridine rings is 1. The van der Waals surface area contributed by atoms with E-state index in [1.807, 2.05) is 53.1 Å². The van der Waals surface area contributed by atoms with E-state index in [1.165, 1.54) is 0 Å². The van der Waals surface area contributed by atoms with E-state index in [-0.39, 0.29) is 0 Å². The second-order valence-electron chi connectivity index (χ2n) is 5.41. The second kappa shape index (κ2) is 4.35. The van der Waals surface area contributed by atoms with E-state index in [0.29, 0.717) is 5.82 Å². The Labute approximate surface area is 117 Å². The number of anilines is 1. The Balaban J connectivity index is 2.20. The molecule has 0 fully saturated rings. The van der Waals surface area contributed by atoms with Gasteiger partial charge in [-0.1, -0.05) is 30.3 Å². The van der Waals surface area contributed by atoms with Crippen LogP contribution in [0.25, 0.3) is 16.9 Å². The molecule has 0 amide bonds. The van der Waals surface area contributed by atoms with Crippen molar-refractivity contribution in [2.45, 2.75) is 19.4 Å². The van der Waals surface area contributed by atoms with Crippen molar-refractivity contribution in [2.75, 3.05) is 5.73 Å². The second-order valence-corrected chi connectivity index (χ2v) is 5.41. The van der Waals surface area contributed by atoms with Crippen LogP contribution in [0, 0.1) is 0 Å². The fraction of sp³-hybridized carbons (Fsp3) is 0.188. The Morgan fingerprint density at radius 3 is 2.50 bits per heavy atom. The standard InChI is InChI=1S/C16H17N3O/c1-16(2,20)12-8-9-19-13(10-12)18-14(15(19)17)11-6-4-3-5-7-11/h3-10,20H,17H2,1-2H3. The number of nitrogens with two attached hydrogens (primary N) is 1. The molecular weight excluding hydrogens is 250 g/mol. The Bertz CT molecular complexity index is 754. The van der Waals surface area contributed by atoms with E-state index in [2.05, 4.69) is 4.98 Å². The summed E-state index contributed by atoms with van der Waals surface area (Å²) in [6, 6.07) is 13.6. The normalized spacial score (nSPS) is 11.9. The highest BCUT2D eigenvalue weighted by Crippen LogP contribution is 2.28. The number of hydrogen-bond acceptors (Lipinski definition) is 3. The first-order valence-electron chi connectivity index (χ1n) is 6.52. The van der Waals surface area contributed by atoms with E-state index in [9.17, 15) is 5.11 Å². The fourth-order valence-corrected chi connectivity index (χ4v) is 2.25. The molecule has 2 aromatic heterocycles. The quantitative estimate of drug-likeness (QED) is 0.750. The number of nitrogen functional groups attached to an aromatic ring is 1. The van der Waals surface area contributed by atoms with E-state index in [4.69, 9.17) is 5.73 Å². The maximum absolute atomic E-state index is 10.1. The summed E-state index contributed by atoms with van der Waals surface area (Å²) < 4.78 is 1.83. The van der Waals surface area contributed by atoms with Gasteiger partial charge in [0.2, 0.25) is 0 Å². The average molecular weight is 267 g/mol.